The topological polar surface area (TPSA) is 111 Å². The lowest BCUT2D eigenvalue weighted by Gasteiger charge is -2.40. The zero-order valence-electron chi connectivity index (χ0n) is 19.3. The van der Waals surface area contributed by atoms with Gasteiger partial charge in [-0.25, -0.2) is 4.79 Å². The van der Waals surface area contributed by atoms with Crippen LogP contribution in [0.1, 0.15) is 41.7 Å². The minimum Gasteiger partial charge on any atom is -0.475 e. The van der Waals surface area contributed by atoms with E-state index in [4.69, 9.17) is 9.90 Å². The van der Waals surface area contributed by atoms with Crippen molar-refractivity contribution in [1.82, 2.24) is 29.8 Å². The second-order valence-corrected chi connectivity index (χ2v) is 8.89. The molecule has 13 heteroatoms. The number of hydrogen-bond acceptors (Lipinski definition) is 6. The van der Waals surface area contributed by atoms with Crippen LogP contribution in [0.4, 0.5) is 13.2 Å². The lowest BCUT2D eigenvalue weighted by Crippen LogP contribution is -2.51. The first-order chi connectivity index (χ1) is 16.0. The second-order valence-electron chi connectivity index (χ2n) is 8.89. The highest BCUT2D eigenvalue weighted by Gasteiger charge is 2.41. The number of nitrogens with zero attached hydrogens (tertiary/aromatic N) is 5. The van der Waals surface area contributed by atoms with Crippen molar-refractivity contribution in [2.45, 2.75) is 50.5 Å². The SMILES string of the molecule is CN1CC2CCCC(CC1=O)N2C(=O)c1cnn(C)c1CN1CCNCC1.O=C(O)C(F)(F)F. The van der Waals surface area contributed by atoms with Crippen molar-refractivity contribution >= 4 is 17.8 Å². The number of carbonyl (C=O) groups excluding carboxylic acids is 2. The fraction of sp³-hybridized carbons (Fsp3) is 0.714. The predicted molar refractivity (Wildman–Crippen MR) is 115 cm³/mol. The number of nitrogens with one attached hydrogen (secondary N) is 1. The number of hydrogen-bond donors (Lipinski definition) is 2. The number of piperidine rings is 1. The van der Waals surface area contributed by atoms with Gasteiger partial charge >= 0.3 is 12.1 Å². The maximum absolute atomic E-state index is 13.6. The third-order valence-corrected chi connectivity index (χ3v) is 6.53. The van der Waals surface area contributed by atoms with Crippen molar-refractivity contribution in [3.63, 3.8) is 0 Å². The van der Waals surface area contributed by atoms with E-state index in [1.165, 1.54) is 0 Å². The summed E-state index contributed by atoms with van der Waals surface area (Å²) in [5.74, 6) is -2.56. The van der Waals surface area contributed by atoms with E-state index < -0.39 is 12.1 Å². The first-order valence-electron chi connectivity index (χ1n) is 11.3. The number of aromatic nitrogens is 2. The van der Waals surface area contributed by atoms with Crippen LogP contribution in [-0.4, -0.2) is 105 Å². The molecule has 1 aromatic rings. The summed E-state index contributed by atoms with van der Waals surface area (Å²) in [6, 6.07) is 0.126. The number of alkyl halides is 3. The predicted octanol–water partition coefficient (Wildman–Crippen LogP) is 0.684. The van der Waals surface area contributed by atoms with Crippen LogP contribution >= 0.6 is 0 Å². The van der Waals surface area contributed by atoms with E-state index in [1.807, 2.05) is 23.7 Å². The zero-order valence-corrected chi connectivity index (χ0v) is 19.3. The summed E-state index contributed by atoms with van der Waals surface area (Å²) in [5, 5.41) is 14.9. The van der Waals surface area contributed by atoms with Crippen molar-refractivity contribution in [2.24, 2.45) is 7.05 Å². The van der Waals surface area contributed by atoms with E-state index in [0.29, 0.717) is 18.5 Å². The Labute approximate surface area is 195 Å². The van der Waals surface area contributed by atoms with Crippen molar-refractivity contribution in [2.75, 3.05) is 39.8 Å². The molecule has 10 nitrogen and oxygen atoms in total. The lowest BCUT2D eigenvalue weighted by molar-refractivity contribution is -0.192. The van der Waals surface area contributed by atoms with Gasteiger partial charge in [0, 0.05) is 71.9 Å². The normalized spacial score (nSPS) is 23.7. The number of rotatable bonds is 3. The molecule has 3 saturated heterocycles. The summed E-state index contributed by atoms with van der Waals surface area (Å²) in [7, 11) is 3.76. The summed E-state index contributed by atoms with van der Waals surface area (Å²) in [4.78, 5) is 41.0. The molecule has 1 aromatic heterocycles. The quantitative estimate of drug-likeness (QED) is 0.644. The van der Waals surface area contributed by atoms with Gasteiger partial charge in [-0.05, 0) is 19.3 Å². The van der Waals surface area contributed by atoms with Gasteiger partial charge in [-0.3, -0.25) is 19.2 Å². The molecule has 2 unspecified atom stereocenters. The molecule has 2 amide bonds. The van der Waals surface area contributed by atoms with Crippen molar-refractivity contribution < 1.29 is 32.7 Å². The van der Waals surface area contributed by atoms with Crippen LogP contribution in [0.2, 0.25) is 0 Å². The van der Waals surface area contributed by atoms with Gasteiger partial charge in [-0.1, -0.05) is 0 Å². The number of halogens is 3. The number of aliphatic carboxylic acids is 1. The maximum atomic E-state index is 13.6. The van der Waals surface area contributed by atoms with E-state index in [2.05, 4.69) is 15.3 Å². The molecule has 0 aliphatic carbocycles. The zero-order chi connectivity index (χ0) is 25.0. The van der Waals surface area contributed by atoms with Gasteiger partial charge in [0.05, 0.1) is 17.5 Å². The molecule has 0 radical (unpaired) electrons. The summed E-state index contributed by atoms with van der Waals surface area (Å²) in [6.07, 6.45) is 0.0293. The smallest absolute Gasteiger partial charge is 0.475 e. The van der Waals surface area contributed by atoms with Crippen molar-refractivity contribution in [3.05, 3.63) is 17.5 Å². The van der Waals surface area contributed by atoms with E-state index in [9.17, 15) is 22.8 Å². The summed E-state index contributed by atoms with van der Waals surface area (Å²) in [6.45, 7) is 5.29. The molecule has 2 bridgehead atoms. The Morgan fingerprint density at radius 3 is 2.41 bits per heavy atom. The molecule has 3 aliphatic rings. The fourth-order valence-electron chi connectivity index (χ4n) is 4.70. The highest BCUT2D eigenvalue weighted by molar-refractivity contribution is 5.96. The molecule has 3 fully saturated rings. The Hall–Kier alpha value is -2.67. The average molecular weight is 489 g/mol. The standard InChI is InChI=1S/C19H30N6O2.C2HF3O2/c1-22-12-15-5-3-4-14(10-18(22)26)25(15)19(27)16-11-21-23(2)17(16)13-24-8-6-20-7-9-24;3-2(4,5)1(6)7/h11,14-15,20H,3-10,12-13H2,1-2H3;(H,6,7). The molecule has 0 saturated carbocycles. The average Bonchev–Trinajstić information content (AvgIpc) is 3.11. The fourth-order valence-corrected chi connectivity index (χ4v) is 4.70. The monoisotopic (exact) mass is 488 g/mol. The first-order valence-corrected chi connectivity index (χ1v) is 11.3. The van der Waals surface area contributed by atoms with E-state index in [0.717, 1.165) is 57.7 Å². The highest BCUT2D eigenvalue weighted by atomic mass is 19.4. The Morgan fingerprint density at radius 2 is 1.79 bits per heavy atom. The minimum absolute atomic E-state index is 0.0148. The number of carboxylic acid groups (broad SMARTS) is 1. The molecule has 2 atom stereocenters. The summed E-state index contributed by atoms with van der Waals surface area (Å²) >= 11 is 0. The van der Waals surface area contributed by atoms with Crippen LogP contribution in [0.15, 0.2) is 6.20 Å². The minimum atomic E-state index is -5.08. The van der Waals surface area contributed by atoms with E-state index in [1.54, 1.807) is 11.1 Å². The summed E-state index contributed by atoms with van der Waals surface area (Å²) in [5.41, 5.74) is 1.67. The number of carbonyl (C=O) groups is 3. The molecule has 190 valence electrons. The molecule has 4 rings (SSSR count). The number of amides is 2. The van der Waals surface area contributed by atoms with Gasteiger partial charge in [-0.15, -0.1) is 0 Å². The van der Waals surface area contributed by atoms with Crippen molar-refractivity contribution in [1.29, 1.82) is 0 Å². The van der Waals surface area contributed by atoms with Crippen LogP contribution in [0, 0.1) is 0 Å². The van der Waals surface area contributed by atoms with Gasteiger partial charge in [-0.2, -0.15) is 18.3 Å². The maximum Gasteiger partial charge on any atom is 0.490 e. The molecular formula is C21H31F3N6O4. The molecule has 0 spiro atoms. The third kappa shape index (κ3) is 6.06. The molecule has 3 aliphatic heterocycles. The molecular weight excluding hydrogens is 457 g/mol. The van der Waals surface area contributed by atoms with Gasteiger partial charge in [0.25, 0.3) is 5.91 Å². The Kier molecular flexibility index (Phi) is 8.18. The molecule has 34 heavy (non-hydrogen) atoms. The number of fused-ring (bicyclic) bond motifs is 2. The van der Waals surface area contributed by atoms with E-state index in [-0.39, 0.29) is 23.9 Å². The van der Waals surface area contributed by atoms with Gasteiger partial charge in [0.1, 0.15) is 0 Å². The summed E-state index contributed by atoms with van der Waals surface area (Å²) < 4.78 is 33.6. The Morgan fingerprint density at radius 1 is 1.18 bits per heavy atom. The first kappa shape index (κ1) is 25.9. The van der Waals surface area contributed by atoms with Crippen LogP contribution in [-0.2, 0) is 23.2 Å². The van der Waals surface area contributed by atoms with Gasteiger partial charge < -0.3 is 20.2 Å². The van der Waals surface area contributed by atoms with Gasteiger partial charge in [0.2, 0.25) is 5.91 Å². The lowest BCUT2D eigenvalue weighted by atomic mass is 9.93. The number of aryl methyl sites for hydroxylation is 1. The number of likely N-dealkylation sites (N-methyl/N-ethyl adjacent to an activating group) is 1. The van der Waals surface area contributed by atoms with Crippen LogP contribution in [0.3, 0.4) is 0 Å². The molecule has 4 heterocycles. The second kappa shape index (κ2) is 10.7. The van der Waals surface area contributed by atoms with Crippen LogP contribution < -0.4 is 5.32 Å². The van der Waals surface area contributed by atoms with Crippen molar-refractivity contribution in [3.8, 4) is 0 Å². The third-order valence-electron chi connectivity index (χ3n) is 6.53. The molecule has 2 N–H and O–H groups in total. The van der Waals surface area contributed by atoms with Crippen LogP contribution in [0.5, 0.6) is 0 Å². The number of piperazine rings is 1. The Bertz CT molecular complexity index is 900. The van der Waals surface area contributed by atoms with E-state index >= 15 is 0 Å². The number of carboxylic acids is 1. The largest absolute Gasteiger partial charge is 0.490 e. The highest BCUT2D eigenvalue weighted by Crippen LogP contribution is 2.31. The van der Waals surface area contributed by atoms with Gasteiger partial charge in [0.15, 0.2) is 0 Å². The molecule has 0 aromatic carbocycles. The Balaban J connectivity index is 0.000000406. The van der Waals surface area contributed by atoms with Crippen LogP contribution in [0.25, 0.3) is 0 Å².